The predicted octanol–water partition coefficient (Wildman–Crippen LogP) is 3.68. The number of ether oxygens (including phenoxy) is 1. The Bertz CT molecular complexity index is 615. The Morgan fingerprint density at radius 3 is 2.74 bits per heavy atom. The SMILES string of the molecule is COC(=O)c1c(C)cc(C2CC2)nc1N1CCCC(F)(F)CC1. The first-order chi connectivity index (χ1) is 10.9. The van der Waals surface area contributed by atoms with Crippen molar-refractivity contribution in [2.24, 2.45) is 0 Å². The van der Waals surface area contributed by atoms with Gasteiger partial charge in [0.05, 0.1) is 7.11 Å². The number of hydrogen-bond donors (Lipinski definition) is 0. The number of methoxy groups -OCH3 is 1. The number of nitrogens with zero attached hydrogens (tertiary/aromatic N) is 2. The maximum absolute atomic E-state index is 13.6. The van der Waals surface area contributed by atoms with Crippen LogP contribution in [0.1, 0.15) is 59.6 Å². The molecule has 126 valence electrons. The number of carbonyl (C=O) groups is 1. The lowest BCUT2D eigenvalue weighted by molar-refractivity contribution is -0.0102. The standard InChI is InChI=1S/C17H22F2N2O2/c1-11-10-13(12-4-5-12)20-15(14(11)16(22)23-2)21-8-3-6-17(18,19)7-9-21/h10,12H,3-9H2,1-2H3. The van der Waals surface area contributed by atoms with E-state index in [-0.39, 0.29) is 19.4 Å². The second-order valence-electron chi connectivity index (χ2n) is 6.53. The molecule has 2 aliphatic rings. The third kappa shape index (κ3) is 3.46. The van der Waals surface area contributed by atoms with E-state index in [1.807, 2.05) is 17.9 Å². The third-order valence-corrected chi connectivity index (χ3v) is 4.62. The first-order valence-electron chi connectivity index (χ1n) is 8.14. The smallest absolute Gasteiger partial charge is 0.341 e. The zero-order valence-corrected chi connectivity index (χ0v) is 13.6. The first-order valence-corrected chi connectivity index (χ1v) is 8.14. The molecule has 0 spiro atoms. The van der Waals surface area contributed by atoms with E-state index >= 15 is 0 Å². The molecule has 0 aromatic carbocycles. The van der Waals surface area contributed by atoms with E-state index in [2.05, 4.69) is 4.98 Å². The maximum atomic E-state index is 13.6. The van der Waals surface area contributed by atoms with E-state index in [1.165, 1.54) is 7.11 Å². The van der Waals surface area contributed by atoms with Crippen molar-refractivity contribution in [1.82, 2.24) is 4.98 Å². The minimum Gasteiger partial charge on any atom is -0.465 e. The summed E-state index contributed by atoms with van der Waals surface area (Å²) in [6, 6.07) is 1.93. The first kappa shape index (κ1) is 16.1. The highest BCUT2D eigenvalue weighted by molar-refractivity contribution is 5.96. The van der Waals surface area contributed by atoms with Gasteiger partial charge in [-0.2, -0.15) is 0 Å². The molecule has 2 fully saturated rings. The van der Waals surface area contributed by atoms with Gasteiger partial charge in [0.25, 0.3) is 0 Å². The average molecular weight is 324 g/mol. The molecule has 1 saturated heterocycles. The molecule has 0 amide bonds. The summed E-state index contributed by atoms with van der Waals surface area (Å²) in [5.74, 6) is -2.14. The second-order valence-corrected chi connectivity index (χ2v) is 6.53. The van der Waals surface area contributed by atoms with Gasteiger partial charge in [0.2, 0.25) is 5.92 Å². The molecule has 2 heterocycles. The molecular formula is C17H22F2N2O2. The number of hydrogen-bond acceptors (Lipinski definition) is 4. The number of esters is 1. The van der Waals surface area contributed by atoms with Gasteiger partial charge in [0, 0.05) is 37.5 Å². The molecular weight excluding hydrogens is 302 g/mol. The number of alkyl halides is 2. The van der Waals surface area contributed by atoms with Gasteiger partial charge in [0.1, 0.15) is 11.4 Å². The Hall–Kier alpha value is -1.72. The van der Waals surface area contributed by atoms with Crippen LogP contribution in [0.15, 0.2) is 6.07 Å². The van der Waals surface area contributed by atoms with Crippen LogP contribution in [0.25, 0.3) is 0 Å². The van der Waals surface area contributed by atoms with Crippen molar-refractivity contribution in [3.05, 3.63) is 22.9 Å². The Kier molecular flexibility index (Phi) is 4.25. The molecule has 1 saturated carbocycles. The van der Waals surface area contributed by atoms with Gasteiger partial charge in [-0.05, 0) is 37.8 Å². The molecule has 0 unspecified atom stereocenters. The van der Waals surface area contributed by atoms with Crippen LogP contribution in [0.3, 0.4) is 0 Å². The van der Waals surface area contributed by atoms with Gasteiger partial charge >= 0.3 is 5.97 Å². The van der Waals surface area contributed by atoms with Crippen LogP contribution in [0, 0.1) is 6.92 Å². The van der Waals surface area contributed by atoms with Gasteiger partial charge < -0.3 is 9.64 Å². The van der Waals surface area contributed by atoms with Crippen molar-refractivity contribution in [2.75, 3.05) is 25.1 Å². The van der Waals surface area contributed by atoms with Crippen LogP contribution in [-0.4, -0.2) is 37.1 Å². The summed E-state index contributed by atoms with van der Waals surface area (Å²) < 4.78 is 32.2. The van der Waals surface area contributed by atoms with E-state index in [4.69, 9.17) is 4.74 Å². The van der Waals surface area contributed by atoms with Gasteiger partial charge in [-0.1, -0.05) is 0 Å². The molecule has 1 aliphatic carbocycles. The predicted molar refractivity (Wildman–Crippen MR) is 83.3 cm³/mol. The largest absolute Gasteiger partial charge is 0.465 e. The quantitative estimate of drug-likeness (QED) is 0.796. The number of aryl methyl sites for hydroxylation is 1. The van der Waals surface area contributed by atoms with Crippen molar-refractivity contribution in [1.29, 1.82) is 0 Å². The molecule has 23 heavy (non-hydrogen) atoms. The number of aromatic nitrogens is 1. The molecule has 0 N–H and O–H groups in total. The Morgan fingerprint density at radius 2 is 2.09 bits per heavy atom. The summed E-state index contributed by atoms with van der Waals surface area (Å²) in [5, 5.41) is 0. The van der Waals surface area contributed by atoms with Crippen molar-refractivity contribution in [2.45, 2.75) is 50.9 Å². The van der Waals surface area contributed by atoms with Crippen molar-refractivity contribution >= 4 is 11.8 Å². The van der Waals surface area contributed by atoms with Crippen molar-refractivity contribution in [3.63, 3.8) is 0 Å². The van der Waals surface area contributed by atoms with Gasteiger partial charge in [-0.15, -0.1) is 0 Å². The topological polar surface area (TPSA) is 42.4 Å². The lowest BCUT2D eigenvalue weighted by Gasteiger charge is -2.25. The van der Waals surface area contributed by atoms with Crippen molar-refractivity contribution < 1.29 is 18.3 Å². The summed E-state index contributed by atoms with van der Waals surface area (Å²) >= 11 is 0. The van der Waals surface area contributed by atoms with Crippen LogP contribution < -0.4 is 4.90 Å². The molecule has 0 radical (unpaired) electrons. The highest BCUT2D eigenvalue weighted by Crippen LogP contribution is 2.41. The zero-order valence-electron chi connectivity index (χ0n) is 13.6. The number of pyridine rings is 1. The number of rotatable bonds is 3. The Labute approximate surface area is 134 Å². The third-order valence-electron chi connectivity index (χ3n) is 4.62. The Morgan fingerprint density at radius 1 is 1.35 bits per heavy atom. The van der Waals surface area contributed by atoms with Gasteiger partial charge in [0.15, 0.2) is 0 Å². The van der Waals surface area contributed by atoms with Gasteiger partial charge in [-0.3, -0.25) is 0 Å². The fraction of sp³-hybridized carbons (Fsp3) is 0.647. The average Bonchev–Trinajstić information content (AvgIpc) is 3.33. The molecule has 6 heteroatoms. The number of carbonyl (C=O) groups excluding carboxylic acids is 1. The second kappa shape index (κ2) is 6.06. The minimum absolute atomic E-state index is 0.113. The van der Waals surface area contributed by atoms with Crippen LogP contribution in [0.5, 0.6) is 0 Å². The number of anilines is 1. The molecule has 1 aliphatic heterocycles. The van der Waals surface area contributed by atoms with E-state index in [0.717, 1.165) is 24.1 Å². The van der Waals surface area contributed by atoms with Crippen molar-refractivity contribution in [3.8, 4) is 0 Å². The molecule has 0 bridgehead atoms. The maximum Gasteiger partial charge on any atom is 0.341 e. The lowest BCUT2D eigenvalue weighted by Crippen LogP contribution is -2.29. The summed E-state index contributed by atoms with van der Waals surface area (Å²) in [7, 11) is 1.33. The Balaban J connectivity index is 1.99. The molecule has 0 atom stereocenters. The lowest BCUT2D eigenvalue weighted by atomic mass is 10.1. The zero-order chi connectivity index (χ0) is 16.6. The molecule has 4 nitrogen and oxygen atoms in total. The fourth-order valence-corrected chi connectivity index (χ4v) is 3.13. The summed E-state index contributed by atoms with van der Waals surface area (Å²) in [4.78, 5) is 18.7. The van der Waals surface area contributed by atoms with Crippen LogP contribution in [-0.2, 0) is 4.74 Å². The highest BCUT2D eigenvalue weighted by atomic mass is 19.3. The fourth-order valence-electron chi connectivity index (χ4n) is 3.13. The van der Waals surface area contributed by atoms with Crippen LogP contribution >= 0.6 is 0 Å². The van der Waals surface area contributed by atoms with E-state index in [1.54, 1.807) is 0 Å². The highest BCUT2D eigenvalue weighted by Gasteiger charge is 2.34. The van der Waals surface area contributed by atoms with E-state index < -0.39 is 11.9 Å². The monoisotopic (exact) mass is 324 g/mol. The normalized spacial score (nSPS) is 21.0. The summed E-state index contributed by atoms with van der Waals surface area (Å²) in [6.45, 7) is 2.55. The van der Waals surface area contributed by atoms with E-state index in [0.29, 0.717) is 30.3 Å². The van der Waals surface area contributed by atoms with Crippen LogP contribution in [0.2, 0.25) is 0 Å². The molecule has 1 aromatic rings. The van der Waals surface area contributed by atoms with Crippen LogP contribution in [0.4, 0.5) is 14.6 Å². The van der Waals surface area contributed by atoms with Gasteiger partial charge in [-0.25, -0.2) is 18.6 Å². The summed E-state index contributed by atoms with van der Waals surface area (Å²) in [5.41, 5.74) is 2.17. The number of halogens is 2. The molecule has 3 rings (SSSR count). The minimum atomic E-state index is -2.64. The molecule has 1 aromatic heterocycles. The summed E-state index contributed by atoms with van der Waals surface area (Å²) in [6.07, 6.45) is 2.27. The van der Waals surface area contributed by atoms with E-state index in [9.17, 15) is 13.6 Å².